The molecular weight excluding hydrogens is 396 g/mol. The van der Waals surface area contributed by atoms with Gasteiger partial charge in [-0.3, -0.25) is 9.59 Å². The van der Waals surface area contributed by atoms with Crippen LogP contribution < -0.4 is 10.6 Å². The summed E-state index contributed by atoms with van der Waals surface area (Å²) in [6.07, 6.45) is -0.185. The molecule has 2 aromatic rings. The highest BCUT2D eigenvalue weighted by molar-refractivity contribution is 5.87. The minimum atomic E-state index is -1.11. The minimum Gasteiger partial charge on any atom is -0.480 e. The molecule has 2 amide bonds. The SMILES string of the molecule is CCC(C)(CNC(=O)OCC1c2ccccc2-c2ccccc21)C(=O)NC(C)C(=O)O. The molecule has 0 bridgehead atoms. The highest BCUT2D eigenvalue weighted by Crippen LogP contribution is 2.44. The molecule has 0 saturated heterocycles. The van der Waals surface area contributed by atoms with Gasteiger partial charge in [0.15, 0.2) is 0 Å². The molecule has 0 spiro atoms. The predicted octanol–water partition coefficient (Wildman–Crippen LogP) is 3.53. The molecule has 0 aromatic heterocycles. The average molecular weight is 424 g/mol. The van der Waals surface area contributed by atoms with E-state index >= 15 is 0 Å². The third-order valence-corrected chi connectivity index (χ3v) is 6.01. The molecule has 1 aliphatic carbocycles. The number of carboxylic acids is 1. The Labute approximate surface area is 181 Å². The molecule has 3 N–H and O–H groups in total. The predicted molar refractivity (Wildman–Crippen MR) is 117 cm³/mol. The fraction of sp³-hybridized carbons (Fsp3) is 0.375. The molecule has 1 aliphatic rings. The van der Waals surface area contributed by atoms with Crippen LogP contribution in [0.2, 0.25) is 0 Å². The minimum absolute atomic E-state index is 0.0400. The number of hydrogen-bond acceptors (Lipinski definition) is 4. The molecule has 2 aromatic carbocycles. The van der Waals surface area contributed by atoms with Crippen molar-refractivity contribution in [3.8, 4) is 11.1 Å². The van der Waals surface area contributed by atoms with E-state index in [-0.39, 0.29) is 19.1 Å². The number of nitrogens with one attached hydrogen (secondary N) is 2. The summed E-state index contributed by atoms with van der Waals surface area (Å²) in [5.74, 6) is -1.59. The summed E-state index contributed by atoms with van der Waals surface area (Å²) in [7, 11) is 0. The Kier molecular flexibility index (Phi) is 6.63. The molecule has 31 heavy (non-hydrogen) atoms. The number of hydrogen-bond donors (Lipinski definition) is 3. The van der Waals surface area contributed by atoms with Crippen LogP contribution in [0, 0.1) is 5.41 Å². The Balaban J connectivity index is 1.60. The Bertz CT molecular complexity index is 944. The first-order chi connectivity index (χ1) is 14.8. The highest BCUT2D eigenvalue weighted by atomic mass is 16.5. The molecule has 2 unspecified atom stereocenters. The van der Waals surface area contributed by atoms with Gasteiger partial charge in [-0.25, -0.2) is 4.79 Å². The lowest BCUT2D eigenvalue weighted by Gasteiger charge is -2.28. The summed E-state index contributed by atoms with van der Waals surface area (Å²) < 4.78 is 5.50. The molecular formula is C24H28N2O5. The second-order valence-corrected chi connectivity index (χ2v) is 8.13. The van der Waals surface area contributed by atoms with Crippen molar-refractivity contribution >= 4 is 18.0 Å². The number of rotatable bonds is 8. The number of benzene rings is 2. The van der Waals surface area contributed by atoms with Crippen molar-refractivity contribution in [3.05, 3.63) is 59.7 Å². The third-order valence-electron chi connectivity index (χ3n) is 6.01. The second kappa shape index (κ2) is 9.20. The van der Waals surface area contributed by atoms with Crippen LogP contribution in [-0.4, -0.2) is 42.3 Å². The fourth-order valence-corrected chi connectivity index (χ4v) is 3.72. The largest absolute Gasteiger partial charge is 0.480 e. The molecule has 3 rings (SSSR count). The normalized spacial score (nSPS) is 15.2. The van der Waals surface area contributed by atoms with Crippen LogP contribution in [0.4, 0.5) is 4.79 Å². The summed E-state index contributed by atoms with van der Waals surface area (Å²) in [5, 5.41) is 14.1. The van der Waals surface area contributed by atoms with Crippen molar-refractivity contribution in [1.29, 1.82) is 0 Å². The van der Waals surface area contributed by atoms with Crippen LogP contribution in [0.25, 0.3) is 11.1 Å². The number of aliphatic carboxylic acids is 1. The number of amides is 2. The van der Waals surface area contributed by atoms with E-state index in [1.807, 2.05) is 43.3 Å². The van der Waals surface area contributed by atoms with Gasteiger partial charge < -0.3 is 20.5 Å². The summed E-state index contributed by atoms with van der Waals surface area (Å²) in [5.41, 5.74) is 3.59. The van der Waals surface area contributed by atoms with Gasteiger partial charge in [0, 0.05) is 12.5 Å². The van der Waals surface area contributed by atoms with Gasteiger partial charge in [0.25, 0.3) is 0 Å². The Morgan fingerprint density at radius 2 is 1.61 bits per heavy atom. The van der Waals surface area contributed by atoms with Gasteiger partial charge in [0.2, 0.25) is 5.91 Å². The van der Waals surface area contributed by atoms with Crippen LogP contribution >= 0.6 is 0 Å². The molecule has 0 saturated carbocycles. The first-order valence-corrected chi connectivity index (χ1v) is 10.4. The van der Waals surface area contributed by atoms with Crippen molar-refractivity contribution in [1.82, 2.24) is 10.6 Å². The van der Waals surface area contributed by atoms with E-state index in [1.54, 1.807) is 6.92 Å². The van der Waals surface area contributed by atoms with Gasteiger partial charge in [-0.1, -0.05) is 55.5 Å². The monoisotopic (exact) mass is 424 g/mol. The quantitative estimate of drug-likeness (QED) is 0.601. The zero-order valence-electron chi connectivity index (χ0n) is 18.0. The van der Waals surface area contributed by atoms with E-state index in [1.165, 1.54) is 6.92 Å². The zero-order valence-corrected chi connectivity index (χ0v) is 18.0. The number of carbonyl (C=O) groups excluding carboxylic acids is 2. The molecule has 7 heteroatoms. The molecule has 0 fully saturated rings. The maximum Gasteiger partial charge on any atom is 0.407 e. The van der Waals surface area contributed by atoms with Gasteiger partial charge in [0.05, 0.1) is 5.41 Å². The van der Waals surface area contributed by atoms with E-state index in [9.17, 15) is 14.4 Å². The topological polar surface area (TPSA) is 105 Å². The van der Waals surface area contributed by atoms with Crippen molar-refractivity contribution < 1.29 is 24.2 Å². The maximum absolute atomic E-state index is 12.5. The van der Waals surface area contributed by atoms with E-state index in [0.29, 0.717) is 6.42 Å². The van der Waals surface area contributed by atoms with E-state index in [4.69, 9.17) is 9.84 Å². The zero-order chi connectivity index (χ0) is 22.6. The van der Waals surface area contributed by atoms with Gasteiger partial charge in [-0.05, 0) is 42.5 Å². The second-order valence-electron chi connectivity index (χ2n) is 8.13. The molecule has 0 radical (unpaired) electrons. The summed E-state index contributed by atoms with van der Waals surface area (Å²) >= 11 is 0. The van der Waals surface area contributed by atoms with Crippen LogP contribution in [0.3, 0.4) is 0 Å². The molecule has 2 atom stereocenters. The lowest BCUT2D eigenvalue weighted by molar-refractivity contribution is -0.143. The van der Waals surface area contributed by atoms with Crippen LogP contribution in [0.5, 0.6) is 0 Å². The van der Waals surface area contributed by atoms with Gasteiger partial charge >= 0.3 is 12.1 Å². The number of carboxylic acid groups (broad SMARTS) is 1. The van der Waals surface area contributed by atoms with E-state index < -0.39 is 29.4 Å². The van der Waals surface area contributed by atoms with Crippen molar-refractivity contribution in [2.75, 3.05) is 13.2 Å². The molecule has 0 heterocycles. The third kappa shape index (κ3) is 4.71. The van der Waals surface area contributed by atoms with Crippen molar-refractivity contribution in [3.63, 3.8) is 0 Å². The van der Waals surface area contributed by atoms with E-state index in [0.717, 1.165) is 22.3 Å². The fourth-order valence-electron chi connectivity index (χ4n) is 3.72. The number of alkyl carbamates (subject to hydrolysis) is 1. The average Bonchev–Trinajstić information content (AvgIpc) is 3.09. The van der Waals surface area contributed by atoms with Crippen LogP contribution in [-0.2, 0) is 14.3 Å². The Morgan fingerprint density at radius 1 is 1.06 bits per heavy atom. The van der Waals surface area contributed by atoms with Crippen molar-refractivity contribution in [2.24, 2.45) is 5.41 Å². The van der Waals surface area contributed by atoms with Crippen LogP contribution in [0.1, 0.15) is 44.2 Å². The molecule has 7 nitrogen and oxygen atoms in total. The first kappa shape index (κ1) is 22.3. The number of ether oxygens (including phenoxy) is 1. The van der Waals surface area contributed by atoms with Gasteiger partial charge in [0.1, 0.15) is 12.6 Å². The molecule has 164 valence electrons. The number of fused-ring (bicyclic) bond motifs is 3. The Morgan fingerprint density at radius 3 is 2.13 bits per heavy atom. The van der Waals surface area contributed by atoms with Crippen molar-refractivity contribution in [2.45, 2.75) is 39.2 Å². The summed E-state index contributed by atoms with van der Waals surface area (Å²) in [6.45, 7) is 5.11. The number of carbonyl (C=O) groups is 3. The standard InChI is InChI=1S/C24H28N2O5/c1-4-24(3,22(29)26-15(2)21(27)28)14-25-23(30)31-13-20-18-11-7-5-9-16(18)17-10-6-8-12-19(17)20/h5-12,15,20H,4,13-14H2,1-3H3,(H,25,30)(H,26,29)(H,27,28). The lowest BCUT2D eigenvalue weighted by atomic mass is 9.86. The van der Waals surface area contributed by atoms with Gasteiger partial charge in [-0.15, -0.1) is 0 Å². The highest BCUT2D eigenvalue weighted by Gasteiger charge is 2.34. The van der Waals surface area contributed by atoms with Gasteiger partial charge in [-0.2, -0.15) is 0 Å². The maximum atomic E-state index is 12.5. The first-order valence-electron chi connectivity index (χ1n) is 10.4. The van der Waals surface area contributed by atoms with Crippen LogP contribution in [0.15, 0.2) is 48.5 Å². The van der Waals surface area contributed by atoms with E-state index in [2.05, 4.69) is 22.8 Å². The Hall–Kier alpha value is -3.35. The lowest BCUT2D eigenvalue weighted by Crippen LogP contribution is -2.50. The smallest absolute Gasteiger partial charge is 0.407 e. The summed E-state index contributed by atoms with van der Waals surface area (Å²) in [6, 6.07) is 15.2. The summed E-state index contributed by atoms with van der Waals surface area (Å²) in [4.78, 5) is 35.9. The molecule has 0 aliphatic heterocycles.